The van der Waals surface area contributed by atoms with E-state index >= 15 is 0 Å². The van der Waals surface area contributed by atoms with Gasteiger partial charge in [-0.05, 0) is 334 Å². The molecule has 0 spiro atoms. The smallest absolute Gasteiger partial charge is 0.384 e. The molecular formula is C96H136O18Si8. The van der Waals surface area contributed by atoms with E-state index in [-0.39, 0.29) is 45.3 Å². The fraction of sp³-hybridized carbons (Fsp3) is 0.375. The van der Waals surface area contributed by atoms with E-state index in [9.17, 15) is 40.9 Å². The van der Waals surface area contributed by atoms with Gasteiger partial charge in [0, 0.05) is 23.0 Å². The second-order valence-corrected chi connectivity index (χ2v) is 67.9. The van der Waals surface area contributed by atoms with Crippen molar-refractivity contribution >= 4 is 67.5 Å². The Labute approximate surface area is 735 Å². The average molecular weight is 1800 g/mol. The van der Waals surface area contributed by atoms with E-state index < -0.39 is 67.5 Å². The van der Waals surface area contributed by atoms with Crippen molar-refractivity contribution in [3.63, 3.8) is 0 Å². The van der Waals surface area contributed by atoms with Gasteiger partial charge >= 0.3 is 34.2 Å². The van der Waals surface area contributed by atoms with Crippen LogP contribution in [0.25, 0.3) is 0 Å². The number of hydrogen-bond acceptors (Lipinski definition) is 18. The van der Waals surface area contributed by atoms with Crippen molar-refractivity contribution < 1.29 is 84.5 Å². The molecule has 0 radical (unpaired) electrons. The van der Waals surface area contributed by atoms with Crippen LogP contribution in [-0.4, -0.2) is 123 Å². The lowest BCUT2D eigenvalue weighted by atomic mass is 9.78. The molecule has 0 heterocycles. The highest BCUT2D eigenvalue weighted by Crippen LogP contribution is 2.39. The zero-order valence-corrected chi connectivity index (χ0v) is 84.1. The predicted octanol–water partition coefficient (Wildman–Crippen LogP) is 24.8. The molecule has 10 rings (SSSR count). The molecule has 0 unspecified atom stereocenters. The third-order valence-corrected chi connectivity index (χ3v) is 46.8. The number of rotatable bonds is 38. The molecule has 18 nitrogen and oxygen atoms in total. The van der Waals surface area contributed by atoms with E-state index in [0.717, 1.165) is 120 Å². The van der Waals surface area contributed by atoms with Gasteiger partial charge in [0.15, 0.2) is 56.3 Å². The second kappa shape index (κ2) is 44.0. The minimum atomic E-state index is -2.57. The molecule has 0 fully saturated rings. The first-order chi connectivity index (χ1) is 57.0. The van der Waals surface area contributed by atoms with Gasteiger partial charge in [0.1, 0.15) is 57.5 Å². The van der Waals surface area contributed by atoms with Crippen molar-refractivity contribution in [2.45, 2.75) is 219 Å². The minimum Gasteiger partial charge on any atom is -0.521 e. The summed E-state index contributed by atoms with van der Waals surface area (Å²) < 4.78 is 61.4. The largest absolute Gasteiger partial charge is 0.521 e. The lowest BCUT2D eigenvalue weighted by molar-refractivity contribution is 0.331. The molecule has 122 heavy (non-hydrogen) atoms. The van der Waals surface area contributed by atoms with Crippen LogP contribution in [0, 0.1) is 0 Å². The molecule has 10 aromatic carbocycles. The van der Waals surface area contributed by atoms with Gasteiger partial charge in [0.25, 0.3) is 0 Å². The first-order valence-corrected chi connectivity index (χ1v) is 65.9. The van der Waals surface area contributed by atoms with E-state index in [1.165, 1.54) is 11.1 Å². The molecule has 0 aliphatic rings. The van der Waals surface area contributed by atoms with E-state index in [0.29, 0.717) is 34.5 Å². The third-order valence-electron chi connectivity index (χ3n) is 20.9. The maximum atomic E-state index is 9.91. The topological polar surface area (TPSA) is 254 Å². The van der Waals surface area contributed by atoms with Gasteiger partial charge in [-0.25, -0.2) is 0 Å². The van der Waals surface area contributed by atoms with Crippen LogP contribution in [0.4, 0.5) is 0 Å². The number of para-hydroxylation sites is 2. The van der Waals surface area contributed by atoms with Crippen LogP contribution < -0.4 is 27.2 Å². The van der Waals surface area contributed by atoms with Crippen LogP contribution in [0.2, 0.25) is 129 Å². The Hall–Kier alpha value is -9.02. The lowest BCUT2D eigenvalue weighted by Gasteiger charge is -2.34. The summed E-state index contributed by atoms with van der Waals surface area (Å²) in [6.07, 6.45) is 7.99. The summed E-state index contributed by atoms with van der Waals surface area (Å²) in [6.45, 7) is 43.1. The van der Waals surface area contributed by atoms with Crippen molar-refractivity contribution in [3.05, 3.63) is 275 Å². The van der Waals surface area contributed by atoms with Crippen LogP contribution in [0.1, 0.15) is 97.9 Å². The van der Waals surface area contributed by atoms with Gasteiger partial charge in [-0.1, -0.05) is 137 Å². The number of hydrogen-bond donors (Lipinski definition) is 8. The summed E-state index contributed by atoms with van der Waals surface area (Å²) in [6, 6.07) is 75.2. The molecule has 0 atom stereocenters. The molecule has 0 amide bonds. The second-order valence-electron chi connectivity index (χ2n) is 36.5. The highest BCUT2D eigenvalue weighted by atomic mass is 28.5. The van der Waals surface area contributed by atoms with Crippen molar-refractivity contribution in [3.8, 4) is 80.5 Å². The average Bonchev–Trinajstić information content (AvgIpc) is 0.809. The molecule has 8 N–H and O–H groups in total. The van der Waals surface area contributed by atoms with Crippen LogP contribution in [0.3, 0.4) is 0 Å². The molecule has 660 valence electrons. The zero-order chi connectivity index (χ0) is 90.1. The summed E-state index contributed by atoms with van der Waals surface area (Å²) >= 11 is 0. The highest BCUT2D eigenvalue weighted by molar-refractivity contribution is 6.85. The molecule has 0 aliphatic carbocycles. The number of phenolic OH excluding ortho intramolecular Hbond substituents is 8. The van der Waals surface area contributed by atoms with Crippen LogP contribution in [0.15, 0.2) is 231 Å². The molecule has 0 aromatic heterocycles. The Kier molecular flexibility index (Phi) is 36.1. The monoisotopic (exact) mass is 1800 g/mol. The van der Waals surface area contributed by atoms with Gasteiger partial charge in [-0.3, -0.25) is 0 Å². The van der Waals surface area contributed by atoms with Crippen molar-refractivity contribution in [2.75, 3.05) is 14.2 Å². The minimum absolute atomic E-state index is 0.153. The maximum Gasteiger partial charge on any atom is 0.384 e. The Bertz CT molecular complexity index is 4580. The number of aryl methyl sites for hydroxylation is 4. The highest BCUT2D eigenvalue weighted by Gasteiger charge is 2.42. The fourth-order valence-electron chi connectivity index (χ4n) is 15.2. The van der Waals surface area contributed by atoms with Gasteiger partial charge in [0.05, 0.1) is 14.2 Å². The molecule has 0 saturated carbocycles. The number of aromatic hydroxyl groups is 8. The van der Waals surface area contributed by atoms with Gasteiger partial charge in [-0.2, -0.15) is 0 Å². The zero-order valence-electron chi connectivity index (χ0n) is 76.1. The third kappa shape index (κ3) is 33.9. The first-order valence-electron chi connectivity index (χ1n) is 42.2. The summed E-state index contributed by atoms with van der Waals surface area (Å²) in [4.78, 5) is 0. The maximum absolute atomic E-state index is 9.91. The van der Waals surface area contributed by atoms with Crippen LogP contribution in [0.5, 0.6) is 80.5 Å². The standard InChI is InChI=1S/C34H42O5Si2.C24H38O5Si2.C22H34O3Si2.C16H22O5Si2/c1-33(2,25-9-17-29(35)18-10-25)27-13-21-31(22-14-27)37-40(5,6)39-41(7,8)38-32-23-15-28(16-24-32)34(3,4)26-11-19-30(36)20-12-26;1-27-23-17-19(11-13-21(23)25)9-7-15-30(3,4)29-31(5,6)16-8-10-20-12-14-22(26)24(18-20)28-2;1-26(2,17-9-13-19-11-5-7-15-21(19)23)25-27(3,4)18-10-14-20-12-6-8-16-22(20)24;1-22(2,19-15-9-5-7-13(17)11-15)21-23(3,4)20-16-10-6-8-14(18)12-16/h9-24,35-36H,1-8H3;11-14,17-18,25-26H,7-10,15-16H2,1-6H3;5-8,11-12,15-16,23-24H,9-10,13-14,17-18H2,1-4H3;5-12,17-18H,1-4H3. The Morgan fingerprint density at radius 3 is 0.820 bits per heavy atom. The quantitative estimate of drug-likeness (QED) is 0.0167. The van der Waals surface area contributed by atoms with Gasteiger partial charge < -0.3 is 84.5 Å². The number of methoxy groups -OCH3 is 2. The predicted molar refractivity (Wildman–Crippen MR) is 514 cm³/mol. The number of benzene rings is 10. The molecular weight excluding hydrogens is 1670 g/mol. The van der Waals surface area contributed by atoms with Gasteiger partial charge in [0.2, 0.25) is 0 Å². The summed E-state index contributed by atoms with van der Waals surface area (Å²) in [5.74, 6) is 5.77. The van der Waals surface area contributed by atoms with Crippen LogP contribution >= 0.6 is 0 Å². The summed E-state index contributed by atoms with van der Waals surface area (Å²) in [5.41, 5.74) is 8.56. The van der Waals surface area contributed by atoms with E-state index in [4.69, 9.17) is 43.6 Å². The van der Waals surface area contributed by atoms with E-state index in [2.05, 4.69) is 104 Å². The SMILES string of the molecule is CC(C)(c1ccc(O)cc1)c1ccc(O[Si](C)(C)O[Si](C)(C)Oc2ccc(C(C)(C)c3ccc(O)cc3)cc2)cc1.COc1cc(CCC[Si](C)(C)O[Si](C)(C)CCCc2ccc(O)c(OC)c2)ccc1O.C[Si](C)(CCCc1ccccc1O)O[Si](C)(C)CCCc1ccccc1O.C[Si](C)(Oc1cccc(O)c1)O[Si](C)(C)Oc1cccc(O)c1. The molecule has 10 aromatic rings. The molecule has 26 heteroatoms. The number of ether oxygens (including phenoxy) is 2. The van der Waals surface area contributed by atoms with Crippen molar-refractivity contribution in [1.82, 2.24) is 0 Å². The Morgan fingerprint density at radius 1 is 0.254 bits per heavy atom. The normalized spacial score (nSPS) is 12.3. The van der Waals surface area contributed by atoms with Crippen LogP contribution in [-0.2, 0) is 53.0 Å². The Morgan fingerprint density at radius 2 is 0.533 bits per heavy atom. The summed E-state index contributed by atoms with van der Waals surface area (Å²) in [7, 11) is -13.9. The molecule has 0 saturated heterocycles. The molecule has 0 aliphatic heterocycles. The lowest BCUT2D eigenvalue weighted by Crippen LogP contribution is -2.52. The van der Waals surface area contributed by atoms with Crippen molar-refractivity contribution in [2.24, 2.45) is 0 Å². The van der Waals surface area contributed by atoms with E-state index in [1.54, 1.807) is 111 Å². The fourth-order valence-corrected chi connectivity index (χ4v) is 45.9. The summed E-state index contributed by atoms with van der Waals surface area (Å²) in [5, 5.41) is 77.6. The van der Waals surface area contributed by atoms with Gasteiger partial charge in [-0.15, -0.1) is 0 Å². The molecule has 0 bridgehead atoms. The van der Waals surface area contributed by atoms with Crippen molar-refractivity contribution in [1.29, 1.82) is 0 Å². The number of phenols is 8. The Balaban J connectivity index is 0.000000229. The first kappa shape index (κ1) is 100. The van der Waals surface area contributed by atoms with E-state index in [1.807, 2.05) is 162 Å².